The first kappa shape index (κ1) is 7.53. The second-order valence-corrected chi connectivity index (χ2v) is 2.47. The monoisotopic (exact) mass is 179 g/mol. The molecule has 0 saturated carbocycles. The number of carboxylic acids is 1. The number of rotatable bonds is 1. The summed E-state index contributed by atoms with van der Waals surface area (Å²) in [6, 6.07) is 0. The molecule has 13 heavy (non-hydrogen) atoms. The van der Waals surface area contributed by atoms with Gasteiger partial charge in [-0.2, -0.15) is 0 Å². The maximum absolute atomic E-state index is 11.4. The minimum absolute atomic E-state index is 0.222. The van der Waals surface area contributed by atoms with E-state index in [2.05, 4.69) is 10.1 Å². The SMILES string of the molecule is O=C(O)c1c[nH]n2cncc2c1=O. The molecule has 2 rings (SSSR count). The lowest BCUT2D eigenvalue weighted by Gasteiger charge is -1.95. The second kappa shape index (κ2) is 2.44. The highest BCUT2D eigenvalue weighted by atomic mass is 16.4. The number of carboxylic acid groups (broad SMARTS) is 1. The highest BCUT2D eigenvalue weighted by Gasteiger charge is 2.10. The van der Waals surface area contributed by atoms with Gasteiger partial charge < -0.3 is 5.11 Å². The molecule has 0 fully saturated rings. The molecule has 0 aromatic carbocycles. The molecule has 2 N–H and O–H groups in total. The first-order valence-electron chi connectivity index (χ1n) is 3.47. The molecule has 0 spiro atoms. The number of aromatic carboxylic acids is 1. The van der Waals surface area contributed by atoms with Gasteiger partial charge in [-0.05, 0) is 0 Å². The van der Waals surface area contributed by atoms with E-state index in [0.29, 0.717) is 0 Å². The second-order valence-electron chi connectivity index (χ2n) is 2.47. The summed E-state index contributed by atoms with van der Waals surface area (Å²) in [5, 5.41) is 11.2. The molecule has 6 heteroatoms. The van der Waals surface area contributed by atoms with E-state index < -0.39 is 11.4 Å². The molecule has 0 atom stereocenters. The predicted molar refractivity (Wildman–Crippen MR) is 42.8 cm³/mol. The largest absolute Gasteiger partial charge is 0.477 e. The Labute approximate surface area is 71.4 Å². The molecule has 0 amide bonds. The number of H-pyrrole nitrogens is 1. The summed E-state index contributed by atoms with van der Waals surface area (Å²) in [7, 11) is 0. The van der Waals surface area contributed by atoms with Crippen molar-refractivity contribution in [2.45, 2.75) is 0 Å². The Morgan fingerprint density at radius 2 is 2.38 bits per heavy atom. The normalized spacial score (nSPS) is 10.5. The van der Waals surface area contributed by atoms with E-state index in [1.54, 1.807) is 0 Å². The van der Waals surface area contributed by atoms with Crippen molar-refractivity contribution in [1.82, 2.24) is 14.6 Å². The Hall–Kier alpha value is -2.11. The fraction of sp³-hybridized carbons (Fsp3) is 0. The lowest BCUT2D eigenvalue weighted by atomic mass is 10.3. The Balaban J connectivity index is 2.89. The van der Waals surface area contributed by atoms with Crippen molar-refractivity contribution in [3.8, 4) is 0 Å². The average molecular weight is 179 g/mol. The summed E-state index contributed by atoms with van der Waals surface area (Å²) in [6.45, 7) is 0. The first-order chi connectivity index (χ1) is 6.20. The maximum Gasteiger partial charge on any atom is 0.341 e. The van der Waals surface area contributed by atoms with Gasteiger partial charge in [-0.25, -0.2) is 14.3 Å². The number of aromatic amines is 1. The van der Waals surface area contributed by atoms with Crippen molar-refractivity contribution in [3.05, 3.63) is 34.5 Å². The van der Waals surface area contributed by atoms with Gasteiger partial charge in [0.2, 0.25) is 5.43 Å². The number of hydrogen-bond acceptors (Lipinski definition) is 3. The van der Waals surface area contributed by atoms with Gasteiger partial charge >= 0.3 is 5.97 Å². The molecule has 2 aromatic heterocycles. The van der Waals surface area contributed by atoms with E-state index in [-0.39, 0.29) is 11.1 Å². The molecule has 0 aliphatic rings. The van der Waals surface area contributed by atoms with E-state index in [0.717, 1.165) is 6.20 Å². The number of hydrogen-bond donors (Lipinski definition) is 2. The number of nitrogens with zero attached hydrogens (tertiary/aromatic N) is 2. The van der Waals surface area contributed by atoms with Gasteiger partial charge in [0.25, 0.3) is 0 Å². The zero-order valence-corrected chi connectivity index (χ0v) is 6.39. The fourth-order valence-corrected chi connectivity index (χ4v) is 1.06. The van der Waals surface area contributed by atoms with E-state index in [1.807, 2.05) is 0 Å². The van der Waals surface area contributed by atoms with Crippen LogP contribution in [0.25, 0.3) is 5.52 Å². The molecule has 0 aliphatic heterocycles. The van der Waals surface area contributed by atoms with Crippen LogP contribution in [0, 0.1) is 0 Å². The minimum atomic E-state index is -1.25. The summed E-state index contributed by atoms with van der Waals surface area (Å²) >= 11 is 0. The molecule has 0 radical (unpaired) electrons. The minimum Gasteiger partial charge on any atom is -0.477 e. The Kier molecular flexibility index (Phi) is 1.42. The molecule has 0 unspecified atom stereocenters. The average Bonchev–Trinajstić information content (AvgIpc) is 2.52. The van der Waals surface area contributed by atoms with Crippen LogP contribution in [0.15, 0.2) is 23.5 Å². The van der Waals surface area contributed by atoms with Crippen LogP contribution in [-0.4, -0.2) is 25.7 Å². The summed E-state index contributed by atoms with van der Waals surface area (Å²) in [5.41, 5.74) is -0.600. The molecule has 66 valence electrons. The number of imidazole rings is 1. The van der Waals surface area contributed by atoms with Crippen LogP contribution >= 0.6 is 0 Å². The molecule has 2 aromatic rings. The zero-order valence-electron chi connectivity index (χ0n) is 6.39. The molecule has 0 aliphatic carbocycles. The molecular weight excluding hydrogens is 174 g/mol. The van der Waals surface area contributed by atoms with Gasteiger partial charge in [0.15, 0.2) is 0 Å². The van der Waals surface area contributed by atoms with Crippen molar-refractivity contribution in [1.29, 1.82) is 0 Å². The van der Waals surface area contributed by atoms with Crippen LogP contribution in [0.5, 0.6) is 0 Å². The topological polar surface area (TPSA) is 87.5 Å². The van der Waals surface area contributed by atoms with Crippen LogP contribution in [-0.2, 0) is 0 Å². The van der Waals surface area contributed by atoms with Crippen LogP contribution < -0.4 is 5.43 Å². The molecule has 0 saturated heterocycles. The van der Waals surface area contributed by atoms with Gasteiger partial charge in [0.1, 0.15) is 17.4 Å². The van der Waals surface area contributed by atoms with Crippen molar-refractivity contribution in [3.63, 3.8) is 0 Å². The maximum atomic E-state index is 11.4. The van der Waals surface area contributed by atoms with Gasteiger partial charge in [-0.15, -0.1) is 0 Å². The molecule has 0 bridgehead atoms. The van der Waals surface area contributed by atoms with Crippen molar-refractivity contribution < 1.29 is 9.90 Å². The van der Waals surface area contributed by atoms with Crippen LogP contribution in [0.3, 0.4) is 0 Å². The summed E-state index contributed by atoms with van der Waals surface area (Å²) in [5.74, 6) is -1.25. The van der Waals surface area contributed by atoms with Crippen molar-refractivity contribution in [2.75, 3.05) is 0 Å². The van der Waals surface area contributed by atoms with E-state index in [1.165, 1.54) is 17.0 Å². The highest BCUT2D eigenvalue weighted by Crippen LogP contribution is 1.95. The predicted octanol–water partition coefficient (Wildman–Crippen LogP) is -0.279. The lowest BCUT2D eigenvalue weighted by molar-refractivity contribution is 0.0695. The van der Waals surface area contributed by atoms with Crippen LogP contribution in [0.4, 0.5) is 0 Å². The standard InChI is InChI=1S/C7H5N3O3/c11-6-4(7(12)13)1-9-10-3-8-2-5(6)10/h1-3,9H,(H,12,13). The Morgan fingerprint density at radius 3 is 3.08 bits per heavy atom. The Bertz CT molecular complexity index is 525. The summed E-state index contributed by atoms with van der Waals surface area (Å²) in [4.78, 5) is 25.6. The summed E-state index contributed by atoms with van der Waals surface area (Å²) < 4.78 is 1.36. The first-order valence-corrected chi connectivity index (χ1v) is 3.47. The third-order valence-corrected chi connectivity index (χ3v) is 1.69. The molecular formula is C7H5N3O3. The number of fused-ring (bicyclic) bond motifs is 1. The van der Waals surface area contributed by atoms with E-state index in [9.17, 15) is 9.59 Å². The van der Waals surface area contributed by atoms with Crippen molar-refractivity contribution >= 4 is 11.5 Å². The van der Waals surface area contributed by atoms with Crippen LogP contribution in [0.2, 0.25) is 0 Å². The number of nitrogens with one attached hydrogen (secondary N) is 1. The van der Waals surface area contributed by atoms with E-state index >= 15 is 0 Å². The van der Waals surface area contributed by atoms with Crippen LogP contribution in [0.1, 0.15) is 10.4 Å². The van der Waals surface area contributed by atoms with Crippen molar-refractivity contribution in [2.24, 2.45) is 0 Å². The van der Waals surface area contributed by atoms with Gasteiger partial charge in [0, 0.05) is 6.20 Å². The quantitative estimate of drug-likeness (QED) is 0.630. The van der Waals surface area contributed by atoms with Gasteiger partial charge in [-0.3, -0.25) is 9.89 Å². The third-order valence-electron chi connectivity index (χ3n) is 1.69. The lowest BCUT2D eigenvalue weighted by Crippen LogP contribution is -2.17. The summed E-state index contributed by atoms with van der Waals surface area (Å²) in [6.07, 6.45) is 3.84. The van der Waals surface area contributed by atoms with E-state index in [4.69, 9.17) is 5.11 Å². The fourth-order valence-electron chi connectivity index (χ4n) is 1.06. The highest BCUT2D eigenvalue weighted by molar-refractivity contribution is 5.88. The number of aromatic nitrogens is 3. The van der Waals surface area contributed by atoms with Gasteiger partial charge in [-0.1, -0.05) is 0 Å². The molecule has 2 heterocycles. The Morgan fingerprint density at radius 1 is 1.62 bits per heavy atom. The smallest absolute Gasteiger partial charge is 0.341 e. The third kappa shape index (κ3) is 0.994. The zero-order chi connectivity index (χ0) is 9.42. The molecule has 6 nitrogen and oxygen atoms in total. The number of carbonyl (C=O) groups is 1. The van der Waals surface area contributed by atoms with Gasteiger partial charge in [0.05, 0.1) is 6.20 Å².